The number of aromatic nitrogens is 1. The van der Waals surface area contributed by atoms with E-state index in [-0.39, 0.29) is 18.3 Å². The van der Waals surface area contributed by atoms with Crippen LogP contribution in [0.4, 0.5) is 18.9 Å². The van der Waals surface area contributed by atoms with Gasteiger partial charge >= 0.3 is 0 Å². The summed E-state index contributed by atoms with van der Waals surface area (Å²) in [5.74, 6) is -5.90. The lowest BCUT2D eigenvalue weighted by Gasteiger charge is -2.39. The minimum absolute atomic E-state index is 0.213. The molecular formula is C25H20F3N3O4. The summed E-state index contributed by atoms with van der Waals surface area (Å²) in [4.78, 5) is 40.5. The largest absolute Gasteiger partial charge is 0.503 e. The second-order valence-electron chi connectivity index (χ2n) is 8.60. The molecule has 2 aliphatic rings. The maximum absolute atomic E-state index is 13.9. The maximum Gasteiger partial charge on any atom is 0.279 e. The summed E-state index contributed by atoms with van der Waals surface area (Å²) in [7, 11) is 0. The Balaban J connectivity index is 1.50. The van der Waals surface area contributed by atoms with Gasteiger partial charge in [-0.25, -0.2) is 13.2 Å². The summed E-state index contributed by atoms with van der Waals surface area (Å²) in [5, 5.41) is 12.9. The van der Waals surface area contributed by atoms with Crippen molar-refractivity contribution in [2.24, 2.45) is 0 Å². The molecular weight excluding hydrogens is 463 g/mol. The molecule has 3 aromatic rings. The van der Waals surface area contributed by atoms with Crippen LogP contribution < -0.4 is 15.6 Å². The third kappa shape index (κ3) is 3.84. The number of aryl methyl sites for hydroxylation is 1. The van der Waals surface area contributed by atoms with E-state index in [1.54, 1.807) is 0 Å². The lowest BCUT2D eigenvalue weighted by Crippen LogP contribution is -2.46. The fourth-order valence-corrected chi connectivity index (χ4v) is 4.75. The Morgan fingerprint density at radius 3 is 2.57 bits per heavy atom. The van der Waals surface area contributed by atoms with Gasteiger partial charge < -0.3 is 19.9 Å². The summed E-state index contributed by atoms with van der Waals surface area (Å²) in [6.07, 6.45) is 3.35. The Bertz CT molecular complexity index is 1410. The van der Waals surface area contributed by atoms with E-state index < -0.39 is 58.1 Å². The Morgan fingerprint density at radius 2 is 1.83 bits per heavy atom. The van der Waals surface area contributed by atoms with Crippen LogP contribution >= 0.6 is 0 Å². The molecule has 0 spiro atoms. The Morgan fingerprint density at radius 1 is 1.11 bits per heavy atom. The molecule has 35 heavy (non-hydrogen) atoms. The van der Waals surface area contributed by atoms with E-state index in [0.717, 1.165) is 18.4 Å². The van der Waals surface area contributed by atoms with Crippen molar-refractivity contribution in [3.63, 3.8) is 0 Å². The molecule has 2 N–H and O–H groups in total. The van der Waals surface area contributed by atoms with Gasteiger partial charge in [-0.1, -0.05) is 18.2 Å². The monoisotopic (exact) mass is 483 g/mol. The second kappa shape index (κ2) is 8.61. The Hall–Kier alpha value is -4.08. The quantitative estimate of drug-likeness (QED) is 0.597. The number of para-hydroxylation sites is 1. The molecule has 2 amide bonds. The van der Waals surface area contributed by atoms with Gasteiger partial charge in [0.25, 0.3) is 11.8 Å². The van der Waals surface area contributed by atoms with Crippen molar-refractivity contribution in [3.05, 3.63) is 92.7 Å². The van der Waals surface area contributed by atoms with Crippen LogP contribution in [-0.4, -0.2) is 28.0 Å². The van der Waals surface area contributed by atoms with Crippen molar-refractivity contribution in [2.45, 2.75) is 31.8 Å². The fourth-order valence-electron chi connectivity index (χ4n) is 4.75. The average Bonchev–Trinajstić information content (AvgIpc) is 2.80. The molecule has 180 valence electrons. The molecule has 1 aromatic heterocycles. The molecule has 7 nitrogen and oxygen atoms in total. The molecule has 2 aromatic carbocycles. The number of nitrogens with one attached hydrogen (secondary N) is 1. The first-order valence-corrected chi connectivity index (χ1v) is 11.1. The van der Waals surface area contributed by atoms with Crippen molar-refractivity contribution in [1.82, 2.24) is 9.88 Å². The van der Waals surface area contributed by atoms with Crippen LogP contribution in [0.5, 0.6) is 5.75 Å². The van der Waals surface area contributed by atoms with Gasteiger partial charge in [0.1, 0.15) is 23.0 Å². The first-order valence-electron chi connectivity index (χ1n) is 11.1. The number of benzene rings is 2. The van der Waals surface area contributed by atoms with Gasteiger partial charge in [-0.3, -0.25) is 14.4 Å². The number of nitrogens with zero attached hydrogens (tertiary/aromatic N) is 2. The van der Waals surface area contributed by atoms with Gasteiger partial charge in [-0.05, 0) is 30.9 Å². The first kappa shape index (κ1) is 22.7. The number of fused-ring (bicyclic) bond motifs is 6. The highest BCUT2D eigenvalue weighted by Gasteiger charge is 2.37. The number of pyridine rings is 1. The standard InChI is InChI=1S/C25H20F3N3O4/c26-14-8-18(27)16(19(28)9-14)10-29-24(34)17-12-30-15-6-3-5-13-4-1-2-7-20(13)31(11-15)25(35)21(30)23(33)22(17)32/h1-2,4,7-9,12,15,33H,3,5-6,10-11H2,(H,29,34)/t15-/m1/s1. The van der Waals surface area contributed by atoms with Gasteiger partial charge in [0, 0.05) is 42.7 Å². The molecule has 0 saturated heterocycles. The molecule has 0 saturated carbocycles. The molecule has 3 heterocycles. The summed E-state index contributed by atoms with van der Waals surface area (Å²) in [6, 6.07) is 8.10. The smallest absolute Gasteiger partial charge is 0.279 e. The van der Waals surface area contributed by atoms with Gasteiger partial charge in [-0.15, -0.1) is 0 Å². The van der Waals surface area contributed by atoms with E-state index in [2.05, 4.69) is 5.32 Å². The molecule has 2 bridgehead atoms. The van der Waals surface area contributed by atoms with Crippen molar-refractivity contribution in [1.29, 1.82) is 0 Å². The maximum atomic E-state index is 13.9. The summed E-state index contributed by atoms with van der Waals surface area (Å²) < 4.78 is 42.4. The van der Waals surface area contributed by atoms with E-state index in [0.29, 0.717) is 24.2 Å². The summed E-state index contributed by atoms with van der Waals surface area (Å²) >= 11 is 0. The van der Waals surface area contributed by atoms with Crippen molar-refractivity contribution in [2.75, 3.05) is 11.4 Å². The van der Waals surface area contributed by atoms with Crippen molar-refractivity contribution < 1.29 is 27.9 Å². The predicted molar refractivity (Wildman–Crippen MR) is 120 cm³/mol. The number of hydrogen-bond donors (Lipinski definition) is 2. The van der Waals surface area contributed by atoms with Crippen LogP contribution in [0.15, 0.2) is 47.4 Å². The number of hydrogen-bond acceptors (Lipinski definition) is 4. The van der Waals surface area contributed by atoms with Gasteiger partial charge in [0.15, 0.2) is 11.4 Å². The van der Waals surface area contributed by atoms with Crippen LogP contribution in [0.25, 0.3) is 0 Å². The van der Waals surface area contributed by atoms with Crippen LogP contribution in [0.3, 0.4) is 0 Å². The number of aromatic hydroxyl groups is 1. The zero-order valence-corrected chi connectivity index (χ0v) is 18.4. The van der Waals surface area contributed by atoms with E-state index in [4.69, 9.17) is 0 Å². The SMILES string of the molecule is O=C(NCc1c(F)cc(F)cc1F)c1cn2c(c(O)c1=O)C(=O)N1C[C@H]2CCCc2ccccc21. The molecule has 0 aliphatic carbocycles. The molecule has 0 fully saturated rings. The number of anilines is 1. The highest BCUT2D eigenvalue weighted by molar-refractivity contribution is 6.08. The fraction of sp³-hybridized carbons (Fsp3) is 0.240. The summed E-state index contributed by atoms with van der Waals surface area (Å²) in [5.41, 5.74) is -0.635. The molecule has 1 atom stereocenters. The highest BCUT2D eigenvalue weighted by atomic mass is 19.1. The van der Waals surface area contributed by atoms with Crippen LogP contribution in [-0.2, 0) is 13.0 Å². The van der Waals surface area contributed by atoms with Crippen LogP contribution in [0.2, 0.25) is 0 Å². The highest BCUT2D eigenvalue weighted by Crippen LogP contribution is 2.36. The Labute approximate surface area is 197 Å². The van der Waals surface area contributed by atoms with E-state index in [1.807, 2.05) is 24.3 Å². The zero-order valence-electron chi connectivity index (χ0n) is 18.4. The third-order valence-electron chi connectivity index (χ3n) is 6.49. The zero-order chi connectivity index (χ0) is 24.9. The minimum atomic E-state index is -1.19. The van der Waals surface area contributed by atoms with Gasteiger partial charge in [0.05, 0.1) is 6.04 Å². The molecule has 0 radical (unpaired) electrons. The number of rotatable bonds is 3. The van der Waals surface area contributed by atoms with Crippen molar-refractivity contribution in [3.8, 4) is 5.75 Å². The van der Waals surface area contributed by atoms with Crippen molar-refractivity contribution >= 4 is 17.5 Å². The molecule has 10 heteroatoms. The number of carbonyl (C=O) groups is 2. The van der Waals surface area contributed by atoms with Gasteiger partial charge in [-0.2, -0.15) is 0 Å². The first-order chi connectivity index (χ1) is 16.8. The normalized spacial score (nSPS) is 16.7. The minimum Gasteiger partial charge on any atom is -0.503 e. The Kier molecular flexibility index (Phi) is 5.58. The number of amides is 2. The van der Waals surface area contributed by atoms with E-state index >= 15 is 0 Å². The van der Waals surface area contributed by atoms with E-state index in [9.17, 15) is 32.7 Å². The summed E-state index contributed by atoms with van der Waals surface area (Å²) in [6.45, 7) is -0.357. The molecule has 2 aliphatic heterocycles. The lowest BCUT2D eigenvalue weighted by atomic mass is 9.95. The van der Waals surface area contributed by atoms with Gasteiger partial charge in [0.2, 0.25) is 5.43 Å². The van der Waals surface area contributed by atoms with Crippen LogP contribution in [0.1, 0.15) is 50.9 Å². The predicted octanol–water partition coefficient (Wildman–Crippen LogP) is 3.44. The number of carbonyl (C=O) groups excluding carboxylic acids is 2. The lowest BCUT2D eigenvalue weighted by molar-refractivity contribution is 0.0927. The average molecular weight is 483 g/mol. The third-order valence-corrected chi connectivity index (χ3v) is 6.49. The van der Waals surface area contributed by atoms with E-state index in [1.165, 1.54) is 15.7 Å². The molecule has 0 unspecified atom stereocenters. The molecule has 5 rings (SSSR count). The topological polar surface area (TPSA) is 91.6 Å². The van der Waals surface area contributed by atoms with Crippen LogP contribution in [0, 0.1) is 17.5 Å². The number of halogens is 3. The second-order valence-corrected chi connectivity index (χ2v) is 8.60.